The summed E-state index contributed by atoms with van der Waals surface area (Å²) in [4.78, 5) is 41.4. The summed E-state index contributed by atoms with van der Waals surface area (Å²) in [6.07, 6.45) is 0.00108. The maximum atomic E-state index is 13.8. The molecule has 2 fully saturated rings. The van der Waals surface area contributed by atoms with Crippen LogP contribution in [-0.4, -0.2) is 35.5 Å². The lowest BCUT2D eigenvalue weighted by Gasteiger charge is -2.31. The number of anilines is 1. The van der Waals surface area contributed by atoms with Crippen LogP contribution < -0.4 is 15.0 Å². The largest absolute Gasteiger partial charge is 0.497 e. The van der Waals surface area contributed by atoms with Crippen molar-refractivity contribution in [3.63, 3.8) is 0 Å². The minimum Gasteiger partial charge on any atom is -0.497 e. The number of hydrogen-bond donors (Lipinski definition) is 2. The van der Waals surface area contributed by atoms with Crippen LogP contribution in [0.1, 0.15) is 17.2 Å². The average Bonchev–Trinajstić information content (AvgIpc) is 3.34. The van der Waals surface area contributed by atoms with E-state index in [2.05, 4.69) is 5.32 Å². The lowest BCUT2D eigenvalue weighted by Crippen LogP contribution is -2.57. The first-order valence-corrected chi connectivity index (χ1v) is 11.2. The van der Waals surface area contributed by atoms with Crippen LogP contribution in [0, 0.1) is 17.7 Å². The number of benzene rings is 3. The second-order valence-corrected chi connectivity index (χ2v) is 8.83. The second kappa shape index (κ2) is 8.63. The van der Waals surface area contributed by atoms with E-state index in [-0.39, 0.29) is 12.1 Å². The molecule has 0 unspecified atom stereocenters. The average molecular weight is 474 g/mol. The van der Waals surface area contributed by atoms with E-state index in [0.717, 1.165) is 17.0 Å². The number of fused-ring (bicyclic) bond motifs is 1. The third-order valence-electron chi connectivity index (χ3n) is 6.90. The van der Waals surface area contributed by atoms with E-state index in [1.54, 1.807) is 48.5 Å². The number of halogens is 1. The number of carboxylic acid groups (broad SMARTS) is 1. The van der Waals surface area contributed by atoms with Crippen LogP contribution in [0.15, 0.2) is 78.9 Å². The molecule has 3 aromatic rings. The zero-order valence-electron chi connectivity index (χ0n) is 18.9. The van der Waals surface area contributed by atoms with Gasteiger partial charge in [0.1, 0.15) is 17.1 Å². The third-order valence-corrected chi connectivity index (χ3v) is 6.90. The molecule has 0 saturated carbocycles. The minimum absolute atomic E-state index is 0.00108. The molecule has 0 bridgehead atoms. The molecular formula is C27H23FN2O5. The molecule has 2 heterocycles. The van der Waals surface area contributed by atoms with E-state index in [1.165, 1.54) is 19.2 Å². The molecule has 0 radical (unpaired) electrons. The van der Waals surface area contributed by atoms with Crippen molar-refractivity contribution in [2.24, 2.45) is 11.8 Å². The molecule has 2 amide bonds. The highest BCUT2D eigenvalue weighted by molar-refractivity contribution is 6.24. The van der Waals surface area contributed by atoms with Crippen molar-refractivity contribution in [1.82, 2.24) is 5.32 Å². The van der Waals surface area contributed by atoms with Crippen molar-refractivity contribution >= 4 is 23.5 Å². The van der Waals surface area contributed by atoms with Gasteiger partial charge in [-0.1, -0.05) is 42.5 Å². The smallest absolute Gasteiger partial charge is 0.325 e. The zero-order valence-corrected chi connectivity index (χ0v) is 18.9. The van der Waals surface area contributed by atoms with Crippen LogP contribution >= 0.6 is 0 Å². The molecule has 0 spiro atoms. The summed E-state index contributed by atoms with van der Waals surface area (Å²) in [6, 6.07) is 20.3. The lowest BCUT2D eigenvalue weighted by molar-refractivity contribution is -0.148. The van der Waals surface area contributed by atoms with E-state index in [4.69, 9.17) is 4.74 Å². The van der Waals surface area contributed by atoms with Gasteiger partial charge in [-0.15, -0.1) is 0 Å². The van der Waals surface area contributed by atoms with Crippen molar-refractivity contribution in [3.8, 4) is 5.75 Å². The summed E-state index contributed by atoms with van der Waals surface area (Å²) in [5.41, 5.74) is -0.175. The summed E-state index contributed by atoms with van der Waals surface area (Å²) in [5.74, 6) is -4.47. The summed E-state index contributed by atoms with van der Waals surface area (Å²) in [7, 11) is 1.52. The minimum atomic E-state index is -1.73. The van der Waals surface area contributed by atoms with Crippen molar-refractivity contribution in [1.29, 1.82) is 0 Å². The highest BCUT2D eigenvalue weighted by Gasteiger charge is 2.68. The molecule has 2 aliphatic rings. The van der Waals surface area contributed by atoms with Gasteiger partial charge in [0.15, 0.2) is 0 Å². The van der Waals surface area contributed by atoms with Crippen molar-refractivity contribution in [3.05, 3.63) is 95.8 Å². The number of aliphatic carboxylic acids is 1. The van der Waals surface area contributed by atoms with Crippen LogP contribution in [0.4, 0.5) is 10.1 Å². The molecule has 2 saturated heterocycles. The number of carbonyl (C=O) groups excluding carboxylic acids is 2. The highest BCUT2D eigenvalue weighted by atomic mass is 19.1. The first kappa shape index (κ1) is 22.7. The first-order chi connectivity index (χ1) is 16.9. The van der Waals surface area contributed by atoms with Gasteiger partial charge in [-0.3, -0.25) is 19.7 Å². The number of rotatable bonds is 6. The SMILES string of the molecule is COc1cccc([C@@H]2N[C@](Cc3ccccc3)(C(=O)O)[C@@H]3C(=O)N(c4ccc(F)cc4)C(=O)[C@@H]32)c1. The van der Waals surface area contributed by atoms with Gasteiger partial charge < -0.3 is 9.84 Å². The van der Waals surface area contributed by atoms with Gasteiger partial charge in [0, 0.05) is 12.5 Å². The Hall–Kier alpha value is -4.04. The Kier molecular flexibility index (Phi) is 5.61. The Labute approximate surface area is 201 Å². The quantitative estimate of drug-likeness (QED) is 0.532. The number of amides is 2. The number of carboxylic acids is 1. The van der Waals surface area contributed by atoms with Crippen LogP contribution in [0.2, 0.25) is 0 Å². The van der Waals surface area contributed by atoms with Crippen LogP contribution in [0.3, 0.4) is 0 Å². The fourth-order valence-corrected chi connectivity index (χ4v) is 5.32. The van der Waals surface area contributed by atoms with Crippen LogP contribution in [0.25, 0.3) is 0 Å². The van der Waals surface area contributed by atoms with Gasteiger partial charge in [0.05, 0.1) is 24.6 Å². The Morgan fingerprint density at radius 1 is 1.03 bits per heavy atom. The monoisotopic (exact) mass is 474 g/mol. The Morgan fingerprint density at radius 2 is 1.74 bits per heavy atom. The van der Waals surface area contributed by atoms with Crippen LogP contribution in [-0.2, 0) is 20.8 Å². The molecular weight excluding hydrogens is 451 g/mol. The predicted octanol–water partition coefficient (Wildman–Crippen LogP) is 3.35. The van der Waals surface area contributed by atoms with Gasteiger partial charge in [0.2, 0.25) is 11.8 Å². The van der Waals surface area contributed by atoms with E-state index in [1.807, 2.05) is 6.07 Å². The lowest BCUT2D eigenvalue weighted by atomic mass is 9.76. The standard InChI is InChI=1S/C27H23FN2O5/c1-35-20-9-5-8-17(14-20)23-21-22(25(32)30(24(21)31)19-12-10-18(28)11-13-19)27(29-23,26(33)34)15-16-6-3-2-4-7-16/h2-14,21-23,29H,15H2,1H3,(H,33,34)/t21-,22-,23-,27-/m0/s1. The number of nitrogens with one attached hydrogen (secondary N) is 1. The fraction of sp³-hybridized carbons (Fsp3) is 0.222. The first-order valence-electron chi connectivity index (χ1n) is 11.2. The summed E-state index contributed by atoms with van der Waals surface area (Å²) in [5, 5.41) is 13.7. The number of imide groups is 1. The van der Waals surface area contributed by atoms with Gasteiger partial charge >= 0.3 is 5.97 Å². The molecule has 3 aromatic carbocycles. The second-order valence-electron chi connectivity index (χ2n) is 8.83. The molecule has 8 heteroatoms. The van der Waals surface area contributed by atoms with Gasteiger partial charge in [0.25, 0.3) is 0 Å². The number of carbonyl (C=O) groups is 3. The molecule has 35 heavy (non-hydrogen) atoms. The molecule has 4 atom stereocenters. The van der Waals surface area contributed by atoms with Crippen molar-refractivity contribution in [2.45, 2.75) is 18.0 Å². The van der Waals surface area contributed by atoms with Gasteiger partial charge in [-0.25, -0.2) is 9.29 Å². The molecule has 2 aliphatic heterocycles. The maximum absolute atomic E-state index is 13.8. The Bertz CT molecular complexity index is 1300. The Balaban J connectivity index is 1.66. The van der Waals surface area contributed by atoms with E-state index in [9.17, 15) is 23.9 Å². The Morgan fingerprint density at radius 3 is 2.40 bits per heavy atom. The molecule has 2 N–H and O–H groups in total. The van der Waals surface area contributed by atoms with Gasteiger partial charge in [-0.2, -0.15) is 0 Å². The summed E-state index contributed by atoms with van der Waals surface area (Å²) in [6.45, 7) is 0. The topological polar surface area (TPSA) is 95.9 Å². The van der Waals surface area contributed by atoms with E-state index in [0.29, 0.717) is 16.9 Å². The van der Waals surface area contributed by atoms with Crippen molar-refractivity contribution < 1.29 is 28.6 Å². The number of hydrogen-bond acceptors (Lipinski definition) is 5. The molecule has 0 aliphatic carbocycles. The maximum Gasteiger partial charge on any atom is 0.325 e. The summed E-state index contributed by atoms with van der Waals surface area (Å²) >= 11 is 0. The number of ether oxygens (including phenoxy) is 1. The van der Waals surface area contributed by atoms with E-state index >= 15 is 0 Å². The normalized spacial score (nSPS) is 25.5. The highest BCUT2D eigenvalue weighted by Crippen LogP contribution is 2.51. The molecule has 5 rings (SSSR count). The predicted molar refractivity (Wildman–Crippen MR) is 125 cm³/mol. The van der Waals surface area contributed by atoms with Crippen LogP contribution in [0.5, 0.6) is 5.75 Å². The van der Waals surface area contributed by atoms with E-state index < -0.39 is 47.0 Å². The molecule has 178 valence electrons. The van der Waals surface area contributed by atoms with Crippen molar-refractivity contribution in [2.75, 3.05) is 12.0 Å². The number of nitrogens with zero attached hydrogens (tertiary/aromatic N) is 1. The summed E-state index contributed by atoms with van der Waals surface area (Å²) < 4.78 is 18.9. The third kappa shape index (κ3) is 3.66. The molecule has 0 aromatic heterocycles. The van der Waals surface area contributed by atoms with Gasteiger partial charge in [-0.05, 0) is 47.5 Å². The number of methoxy groups -OCH3 is 1. The zero-order chi connectivity index (χ0) is 24.7. The molecule has 7 nitrogen and oxygen atoms in total. The fourth-order valence-electron chi connectivity index (χ4n) is 5.32.